The molecule has 0 fully saturated rings. The van der Waals surface area contributed by atoms with Crippen LogP contribution in [0, 0.1) is 12.8 Å². The molecular formula is C15H26N2. The average molecular weight is 234 g/mol. The summed E-state index contributed by atoms with van der Waals surface area (Å²) in [5.41, 5.74) is 8.32. The number of aryl methyl sites for hydroxylation is 1. The summed E-state index contributed by atoms with van der Waals surface area (Å²) in [5, 5.41) is 0. The Kier molecular flexibility index (Phi) is 6.23. The minimum absolute atomic E-state index is 0.707. The van der Waals surface area contributed by atoms with Crippen LogP contribution in [0.15, 0.2) is 24.3 Å². The molecule has 0 saturated heterocycles. The van der Waals surface area contributed by atoms with Crippen LogP contribution in [0.1, 0.15) is 31.4 Å². The largest absolute Gasteiger partial charge is 0.330 e. The third-order valence-corrected chi connectivity index (χ3v) is 2.83. The number of benzene rings is 1. The Labute approximate surface area is 106 Å². The third kappa shape index (κ3) is 5.85. The molecule has 0 bridgehead atoms. The second-order valence-corrected chi connectivity index (χ2v) is 5.26. The molecule has 0 spiro atoms. The zero-order chi connectivity index (χ0) is 12.7. The fraction of sp³-hybridized carbons (Fsp3) is 0.600. The molecule has 0 saturated carbocycles. The summed E-state index contributed by atoms with van der Waals surface area (Å²) in [6, 6.07) is 8.83. The topological polar surface area (TPSA) is 29.3 Å². The maximum atomic E-state index is 5.59. The van der Waals surface area contributed by atoms with Crippen molar-refractivity contribution in [3.8, 4) is 0 Å². The van der Waals surface area contributed by atoms with Gasteiger partial charge in [-0.05, 0) is 37.9 Å². The van der Waals surface area contributed by atoms with E-state index in [4.69, 9.17) is 5.73 Å². The Morgan fingerprint density at radius 3 is 2.35 bits per heavy atom. The van der Waals surface area contributed by atoms with Gasteiger partial charge < -0.3 is 5.73 Å². The molecule has 0 aliphatic heterocycles. The summed E-state index contributed by atoms with van der Waals surface area (Å²) in [7, 11) is 0. The molecule has 1 rings (SSSR count). The van der Waals surface area contributed by atoms with Gasteiger partial charge in [0, 0.05) is 13.1 Å². The Morgan fingerprint density at radius 1 is 1.18 bits per heavy atom. The van der Waals surface area contributed by atoms with E-state index >= 15 is 0 Å². The molecule has 1 aromatic carbocycles. The van der Waals surface area contributed by atoms with Crippen molar-refractivity contribution in [3.63, 3.8) is 0 Å². The van der Waals surface area contributed by atoms with E-state index in [-0.39, 0.29) is 0 Å². The lowest BCUT2D eigenvalue weighted by Crippen LogP contribution is -2.29. The normalized spacial score (nSPS) is 11.4. The number of hydrogen-bond donors (Lipinski definition) is 1. The monoisotopic (exact) mass is 234 g/mol. The van der Waals surface area contributed by atoms with E-state index in [0.29, 0.717) is 5.92 Å². The lowest BCUT2D eigenvalue weighted by molar-refractivity contribution is 0.234. The van der Waals surface area contributed by atoms with Gasteiger partial charge in [0.2, 0.25) is 0 Å². The Morgan fingerprint density at radius 2 is 1.82 bits per heavy atom. The molecule has 2 heteroatoms. The average Bonchev–Trinajstić information content (AvgIpc) is 2.28. The van der Waals surface area contributed by atoms with Gasteiger partial charge in [0.25, 0.3) is 0 Å². The molecule has 0 unspecified atom stereocenters. The molecule has 96 valence electrons. The quantitative estimate of drug-likeness (QED) is 0.786. The number of rotatable bonds is 7. The van der Waals surface area contributed by atoms with Gasteiger partial charge in [0.1, 0.15) is 0 Å². The molecule has 0 atom stereocenters. The zero-order valence-electron chi connectivity index (χ0n) is 11.4. The Hall–Kier alpha value is -0.860. The van der Waals surface area contributed by atoms with Crippen molar-refractivity contribution in [1.29, 1.82) is 0 Å². The zero-order valence-corrected chi connectivity index (χ0v) is 11.4. The fourth-order valence-electron chi connectivity index (χ4n) is 2.02. The first-order valence-electron chi connectivity index (χ1n) is 6.59. The molecule has 0 radical (unpaired) electrons. The van der Waals surface area contributed by atoms with Crippen molar-refractivity contribution in [2.45, 2.75) is 33.7 Å². The first kappa shape index (κ1) is 14.2. The number of nitrogens with two attached hydrogens (primary N) is 1. The SMILES string of the molecule is Cc1ccc(CN(CCCN)CC(C)C)cc1. The summed E-state index contributed by atoms with van der Waals surface area (Å²) in [6.07, 6.45) is 1.08. The third-order valence-electron chi connectivity index (χ3n) is 2.83. The van der Waals surface area contributed by atoms with Gasteiger partial charge in [-0.25, -0.2) is 0 Å². The van der Waals surface area contributed by atoms with E-state index in [2.05, 4.69) is 49.9 Å². The second kappa shape index (κ2) is 7.46. The van der Waals surface area contributed by atoms with Gasteiger partial charge in [-0.1, -0.05) is 43.7 Å². The molecular weight excluding hydrogens is 208 g/mol. The predicted molar refractivity (Wildman–Crippen MR) is 75.0 cm³/mol. The second-order valence-electron chi connectivity index (χ2n) is 5.26. The lowest BCUT2D eigenvalue weighted by atomic mass is 10.1. The molecule has 0 aliphatic carbocycles. The fourth-order valence-corrected chi connectivity index (χ4v) is 2.02. The summed E-state index contributed by atoms with van der Waals surface area (Å²) in [5.74, 6) is 0.707. The highest BCUT2D eigenvalue weighted by atomic mass is 15.1. The van der Waals surface area contributed by atoms with Crippen LogP contribution in [0.2, 0.25) is 0 Å². The number of hydrogen-bond acceptors (Lipinski definition) is 2. The maximum Gasteiger partial charge on any atom is 0.0233 e. The predicted octanol–water partition coefficient (Wildman–Crippen LogP) is 2.80. The van der Waals surface area contributed by atoms with Crippen LogP contribution in [0.3, 0.4) is 0 Å². The summed E-state index contributed by atoms with van der Waals surface area (Å²) in [4.78, 5) is 2.50. The van der Waals surface area contributed by atoms with E-state index < -0.39 is 0 Å². The molecule has 0 aromatic heterocycles. The summed E-state index contributed by atoms with van der Waals surface area (Å²) in [6.45, 7) is 10.7. The van der Waals surface area contributed by atoms with Crippen molar-refractivity contribution in [3.05, 3.63) is 35.4 Å². The van der Waals surface area contributed by atoms with E-state index in [9.17, 15) is 0 Å². The van der Waals surface area contributed by atoms with Gasteiger partial charge in [-0.2, -0.15) is 0 Å². The van der Waals surface area contributed by atoms with Crippen molar-refractivity contribution in [1.82, 2.24) is 4.90 Å². The first-order valence-corrected chi connectivity index (χ1v) is 6.59. The highest BCUT2D eigenvalue weighted by Crippen LogP contribution is 2.09. The molecule has 1 aromatic rings. The van der Waals surface area contributed by atoms with Crippen molar-refractivity contribution in [2.24, 2.45) is 11.7 Å². The van der Waals surface area contributed by atoms with Gasteiger partial charge in [0.15, 0.2) is 0 Å². The number of nitrogens with zero attached hydrogens (tertiary/aromatic N) is 1. The van der Waals surface area contributed by atoms with Crippen molar-refractivity contribution < 1.29 is 0 Å². The van der Waals surface area contributed by atoms with E-state index in [0.717, 1.165) is 32.6 Å². The van der Waals surface area contributed by atoms with E-state index in [1.165, 1.54) is 11.1 Å². The van der Waals surface area contributed by atoms with E-state index in [1.54, 1.807) is 0 Å². The van der Waals surface area contributed by atoms with Crippen LogP contribution in [0.4, 0.5) is 0 Å². The standard InChI is InChI=1S/C15H26N2/c1-13(2)11-17(10-4-9-16)12-15-7-5-14(3)6-8-15/h5-8,13H,4,9-12,16H2,1-3H3. The van der Waals surface area contributed by atoms with Crippen molar-refractivity contribution in [2.75, 3.05) is 19.6 Å². The Balaban J connectivity index is 2.54. The molecule has 17 heavy (non-hydrogen) atoms. The summed E-state index contributed by atoms with van der Waals surface area (Å²) >= 11 is 0. The van der Waals surface area contributed by atoms with Gasteiger partial charge in [-0.15, -0.1) is 0 Å². The molecule has 0 heterocycles. The molecule has 2 nitrogen and oxygen atoms in total. The molecule has 0 aliphatic rings. The summed E-state index contributed by atoms with van der Waals surface area (Å²) < 4.78 is 0. The van der Waals surface area contributed by atoms with Crippen LogP contribution in [0.5, 0.6) is 0 Å². The molecule has 0 amide bonds. The van der Waals surface area contributed by atoms with Crippen LogP contribution in [0.25, 0.3) is 0 Å². The smallest absolute Gasteiger partial charge is 0.0233 e. The minimum atomic E-state index is 0.707. The Bertz CT molecular complexity index is 303. The van der Waals surface area contributed by atoms with Crippen LogP contribution < -0.4 is 5.73 Å². The highest BCUT2D eigenvalue weighted by Gasteiger charge is 2.07. The van der Waals surface area contributed by atoms with Gasteiger partial charge in [-0.3, -0.25) is 4.90 Å². The molecule has 2 N–H and O–H groups in total. The van der Waals surface area contributed by atoms with Gasteiger partial charge in [0.05, 0.1) is 0 Å². The van der Waals surface area contributed by atoms with Crippen LogP contribution in [-0.4, -0.2) is 24.5 Å². The van der Waals surface area contributed by atoms with Crippen LogP contribution in [-0.2, 0) is 6.54 Å². The highest BCUT2D eigenvalue weighted by molar-refractivity contribution is 5.21. The van der Waals surface area contributed by atoms with Crippen LogP contribution >= 0.6 is 0 Å². The van der Waals surface area contributed by atoms with Crippen molar-refractivity contribution >= 4 is 0 Å². The van der Waals surface area contributed by atoms with Gasteiger partial charge >= 0.3 is 0 Å². The lowest BCUT2D eigenvalue weighted by Gasteiger charge is -2.24. The first-order chi connectivity index (χ1) is 8.11. The maximum absolute atomic E-state index is 5.59. The minimum Gasteiger partial charge on any atom is -0.330 e. The van der Waals surface area contributed by atoms with E-state index in [1.807, 2.05) is 0 Å².